The number of rotatable bonds is 3. The van der Waals surface area contributed by atoms with Gasteiger partial charge in [0.15, 0.2) is 5.79 Å². The van der Waals surface area contributed by atoms with E-state index in [9.17, 15) is 15.0 Å². The van der Waals surface area contributed by atoms with Crippen LogP contribution < -0.4 is 5.32 Å². The molecule has 4 atom stereocenters. The third kappa shape index (κ3) is 2.88. The molecule has 0 radical (unpaired) electrons. The van der Waals surface area contributed by atoms with E-state index in [1.54, 1.807) is 0 Å². The highest BCUT2D eigenvalue weighted by molar-refractivity contribution is 5.73. The number of ether oxygens (including phenoxy) is 1. The number of nitrogens with one attached hydrogen (secondary N) is 1. The highest BCUT2D eigenvalue weighted by Crippen LogP contribution is 2.29. The fraction of sp³-hybridized carbons (Fsp3) is 0.889. The summed E-state index contributed by atoms with van der Waals surface area (Å²) in [7, 11) is 0. The second kappa shape index (κ2) is 4.44. The van der Waals surface area contributed by atoms with Gasteiger partial charge in [0.05, 0.1) is 18.8 Å². The van der Waals surface area contributed by atoms with Crippen LogP contribution in [0, 0.1) is 0 Å². The summed E-state index contributed by atoms with van der Waals surface area (Å²) in [6.07, 6.45) is -1.44. The van der Waals surface area contributed by atoms with Crippen molar-refractivity contribution in [2.45, 2.75) is 44.3 Å². The Hall–Kier alpha value is -0.690. The number of carbonyl (C=O) groups excluding carboxylic acids is 1. The van der Waals surface area contributed by atoms with Crippen LogP contribution in [0.2, 0.25) is 0 Å². The van der Waals surface area contributed by atoms with E-state index in [0.29, 0.717) is 0 Å². The predicted molar refractivity (Wildman–Crippen MR) is 50.8 cm³/mol. The van der Waals surface area contributed by atoms with E-state index in [0.717, 1.165) is 0 Å². The molecule has 0 saturated carbocycles. The zero-order valence-electron chi connectivity index (χ0n) is 8.80. The molecule has 0 aliphatic carbocycles. The van der Waals surface area contributed by atoms with Crippen molar-refractivity contribution < 1.29 is 24.9 Å². The Morgan fingerprint density at radius 2 is 2.33 bits per heavy atom. The summed E-state index contributed by atoms with van der Waals surface area (Å²) in [5.41, 5.74) is 0. The van der Waals surface area contributed by atoms with Gasteiger partial charge < -0.3 is 25.4 Å². The van der Waals surface area contributed by atoms with Gasteiger partial charge in [0, 0.05) is 13.3 Å². The van der Waals surface area contributed by atoms with Crippen molar-refractivity contribution in [2.75, 3.05) is 6.61 Å². The van der Waals surface area contributed by atoms with Crippen molar-refractivity contribution in [1.29, 1.82) is 0 Å². The molecule has 1 aliphatic rings. The van der Waals surface area contributed by atoms with Gasteiger partial charge >= 0.3 is 0 Å². The maximum atomic E-state index is 10.8. The van der Waals surface area contributed by atoms with Crippen molar-refractivity contribution in [3.8, 4) is 0 Å². The zero-order valence-corrected chi connectivity index (χ0v) is 8.80. The first-order chi connectivity index (χ1) is 6.86. The highest BCUT2D eigenvalue weighted by atomic mass is 16.6. The Morgan fingerprint density at radius 3 is 2.80 bits per heavy atom. The molecular weight excluding hydrogens is 202 g/mol. The molecule has 15 heavy (non-hydrogen) atoms. The van der Waals surface area contributed by atoms with Gasteiger partial charge in [-0.05, 0) is 6.92 Å². The first kappa shape index (κ1) is 12.4. The predicted octanol–water partition coefficient (Wildman–Crippen LogP) is -1.66. The number of aliphatic hydroxyl groups is 3. The standard InChI is InChI=1S/C9H17NO5/c1-5(12)10-8-3-7(6(13)4-11)15-9(8,2)14/h6-8,11,13-14H,3-4H2,1-2H3,(H,10,12)/t6-,7+,8+,9+/m1/s1. The van der Waals surface area contributed by atoms with Crippen LogP contribution in [0.15, 0.2) is 0 Å². The molecule has 88 valence electrons. The molecule has 1 amide bonds. The van der Waals surface area contributed by atoms with Crippen LogP contribution in [0.4, 0.5) is 0 Å². The van der Waals surface area contributed by atoms with Crippen molar-refractivity contribution in [2.24, 2.45) is 0 Å². The Bertz CT molecular complexity index is 243. The van der Waals surface area contributed by atoms with E-state index in [-0.39, 0.29) is 12.3 Å². The lowest BCUT2D eigenvalue weighted by Crippen LogP contribution is -2.47. The molecule has 0 aromatic heterocycles. The van der Waals surface area contributed by atoms with Crippen LogP contribution >= 0.6 is 0 Å². The molecule has 6 nitrogen and oxygen atoms in total. The molecule has 0 bridgehead atoms. The Balaban J connectivity index is 2.63. The molecular formula is C9H17NO5. The monoisotopic (exact) mass is 219 g/mol. The van der Waals surface area contributed by atoms with Gasteiger partial charge in [-0.3, -0.25) is 4.79 Å². The molecule has 1 fully saturated rings. The van der Waals surface area contributed by atoms with Gasteiger partial charge in [-0.1, -0.05) is 0 Å². The van der Waals surface area contributed by atoms with Crippen LogP contribution in [0.3, 0.4) is 0 Å². The van der Waals surface area contributed by atoms with Crippen LogP contribution in [-0.2, 0) is 9.53 Å². The van der Waals surface area contributed by atoms with E-state index in [1.165, 1.54) is 13.8 Å². The third-order valence-electron chi connectivity index (χ3n) is 2.50. The number of carbonyl (C=O) groups is 1. The SMILES string of the molecule is CC(=O)N[C@H]1C[C@@H]([C@H](O)CO)O[C@]1(C)O. The minimum Gasteiger partial charge on any atom is -0.394 e. The second-order valence-corrected chi connectivity index (χ2v) is 3.95. The van der Waals surface area contributed by atoms with Crippen molar-refractivity contribution in [3.05, 3.63) is 0 Å². The smallest absolute Gasteiger partial charge is 0.217 e. The lowest BCUT2D eigenvalue weighted by Gasteiger charge is -2.24. The summed E-state index contributed by atoms with van der Waals surface area (Å²) in [4.78, 5) is 10.8. The first-order valence-corrected chi connectivity index (χ1v) is 4.83. The van der Waals surface area contributed by atoms with Crippen molar-refractivity contribution >= 4 is 5.91 Å². The zero-order chi connectivity index (χ0) is 11.6. The summed E-state index contributed by atoms with van der Waals surface area (Å²) in [6.45, 7) is 2.32. The Kier molecular flexibility index (Phi) is 3.67. The van der Waals surface area contributed by atoms with Crippen molar-refractivity contribution in [1.82, 2.24) is 5.32 Å². The average molecular weight is 219 g/mol. The van der Waals surface area contributed by atoms with Crippen LogP contribution in [0.25, 0.3) is 0 Å². The molecule has 4 N–H and O–H groups in total. The Labute approximate surface area is 87.9 Å². The topological polar surface area (TPSA) is 99.0 Å². The summed E-state index contributed by atoms with van der Waals surface area (Å²) in [5, 5.41) is 30.4. The van der Waals surface area contributed by atoms with Gasteiger partial charge in [-0.15, -0.1) is 0 Å². The molecule has 1 heterocycles. The molecule has 6 heteroatoms. The average Bonchev–Trinajstić information content (AvgIpc) is 2.40. The van der Waals surface area contributed by atoms with Gasteiger partial charge in [0.2, 0.25) is 5.91 Å². The fourth-order valence-corrected chi connectivity index (χ4v) is 1.68. The largest absolute Gasteiger partial charge is 0.394 e. The lowest BCUT2D eigenvalue weighted by atomic mass is 10.0. The third-order valence-corrected chi connectivity index (χ3v) is 2.50. The quantitative estimate of drug-likeness (QED) is 0.455. The normalized spacial score (nSPS) is 37.7. The second-order valence-electron chi connectivity index (χ2n) is 3.95. The molecule has 0 aromatic rings. The maximum absolute atomic E-state index is 10.8. The van der Waals surface area contributed by atoms with E-state index >= 15 is 0 Å². The molecule has 1 saturated heterocycles. The van der Waals surface area contributed by atoms with Crippen LogP contribution in [0.1, 0.15) is 20.3 Å². The van der Waals surface area contributed by atoms with Crippen LogP contribution in [0.5, 0.6) is 0 Å². The number of amides is 1. The van der Waals surface area contributed by atoms with Crippen molar-refractivity contribution in [3.63, 3.8) is 0 Å². The first-order valence-electron chi connectivity index (χ1n) is 4.83. The summed E-state index contributed by atoms with van der Waals surface area (Å²) in [6, 6.07) is -0.568. The summed E-state index contributed by atoms with van der Waals surface area (Å²) in [5.74, 6) is -1.78. The van der Waals surface area contributed by atoms with Gasteiger partial charge in [-0.25, -0.2) is 0 Å². The lowest BCUT2D eigenvalue weighted by molar-refractivity contribution is -0.206. The van der Waals surface area contributed by atoms with E-state index in [2.05, 4.69) is 5.32 Å². The van der Waals surface area contributed by atoms with E-state index in [1.807, 2.05) is 0 Å². The van der Waals surface area contributed by atoms with Gasteiger partial charge in [-0.2, -0.15) is 0 Å². The molecule has 1 rings (SSSR count). The number of hydrogen-bond donors (Lipinski definition) is 4. The minimum absolute atomic E-state index is 0.272. The molecule has 0 aromatic carbocycles. The molecule has 0 spiro atoms. The summed E-state index contributed by atoms with van der Waals surface area (Å²) >= 11 is 0. The number of hydrogen-bond acceptors (Lipinski definition) is 5. The highest BCUT2D eigenvalue weighted by Gasteiger charge is 2.46. The van der Waals surface area contributed by atoms with E-state index in [4.69, 9.17) is 9.84 Å². The summed E-state index contributed by atoms with van der Waals surface area (Å²) < 4.78 is 5.15. The minimum atomic E-state index is -1.51. The van der Waals surface area contributed by atoms with Gasteiger partial charge in [0.1, 0.15) is 6.10 Å². The molecule has 0 unspecified atom stereocenters. The molecule has 1 aliphatic heterocycles. The van der Waals surface area contributed by atoms with Crippen LogP contribution in [-0.4, -0.2) is 51.9 Å². The van der Waals surface area contributed by atoms with Gasteiger partial charge in [0.25, 0.3) is 0 Å². The van der Waals surface area contributed by atoms with E-state index < -0.39 is 30.6 Å². The fourth-order valence-electron chi connectivity index (χ4n) is 1.68. The maximum Gasteiger partial charge on any atom is 0.217 e. The number of aliphatic hydroxyl groups excluding tert-OH is 2. The Morgan fingerprint density at radius 1 is 1.73 bits per heavy atom.